The summed E-state index contributed by atoms with van der Waals surface area (Å²) in [6.07, 6.45) is 1.48. The highest BCUT2D eigenvalue weighted by molar-refractivity contribution is 5.94. The SMILES string of the molecule is COc1cccc(-n2nnc3c(N4CCN(C(=O)c5ccc([N+](=O)[O-])cc5)CC4)ncnc32)c1. The third kappa shape index (κ3) is 3.85. The van der Waals surface area contributed by atoms with Gasteiger partial charge in [-0.1, -0.05) is 11.3 Å². The van der Waals surface area contributed by atoms with E-state index in [4.69, 9.17) is 4.74 Å². The summed E-state index contributed by atoms with van der Waals surface area (Å²) >= 11 is 0. The van der Waals surface area contributed by atoms with Crippen molar-refractivity contribution in [1.29, 1.82) is 0 Å². The van der Waals surface area contributed by atoms with Crippen LogP contribution in [0.1, 0.15) is 10.4 Å². The molecule has 0 N–H and O–H groups in total. The molecule has 34 heavy (non-hydrogen) atoms. The maximum atomic E-state index is 12.8. The molecule has 0 atom stereocenters. The fourth-order valence-electron chi connectivity index (χ4n) is 3.91. The molecule has 1 aliphatic heterocycles. The van der Waals surface area contributed by atoms with E-state index in [1.54, 1.807) is 16.7 Å². The van der Waals surface area contributed by atoms with Crippen LogP contribution in [0.25, 0.3) is 16.9 Å². The molecule has 1 fully saturated rings. The Labute approximate surface area is 193 Å². The highest BCUT2D eigenvalue weighted by Crippen LogP contribution is 2.25. The van der Waals surface area contributed by atoms with Crippen molar-refractivity contribution in [2.24, 2.45) is 0 Å². The summed E-state index contributed by atoms with van der Waals surface area (Å²) in [5, 5.41) is 19.4. The summed E-state index contributed by atoms with van der Waals surface area (Å²) < 4.78 is 6.93. The molecule has 0 bridgehead atoms. The molecule has 0 unspecified atom stereocenters. The van der Waals surface area contributed by atoms with Crippen LogP contribution in [-0.4, -0.2) is 74.0 Å². The standard InChI is InChI=1S/C22H20N8O4/c1-34-18-4-2-3-17(13-18)29-21-19(25-26-29)20(23-14-24-21)27-9-11-28(12-10-27)22(31)15-5-7-16(8-6-15)30(32)33/h2-8,13-14H,9-12H2,1H3. The van der Waals surface area contributed by atoms with E-state index in [2.05, 4.69) is 20.3 Å². The molecule has 1 saturated heterocycles. The Bertz CT molecular complexity index is 1360. The van der Waals surface area contributed by atoms with Crippen molar-refractivity contribution in [2.75, 3.05) is 38.2 Å². The molecule has 12 heteroatoms. The quantitative estimate of drug-likeness (QED) is 0.324. The minimum atomic E-state index is -0.486. The number of nitrogens with zero attached hydrogens (tertiary/aromatic N) is 8. The summed E-state index contributed by atoms with van der Waals surface area (Å²) in [7, 11) is 1.60. The van der Waals surface area contributed by atoms with E-state index in [-0.39, 0.29) is 11.6 Å². The first-order valence-corrected chi connectivity index (χ1v) is 10.5. The van der Waals surface area contributed by atoms with Crippen LogP contribution in [-0.2, 0) is 0 Å². The van der Waals surface area contributed by atoms with Crippen molar-refractivity contribution in [3.8, 4) is 11.4 Å². The van der Waals surface area contributed by atoms with E-state index >= 15 is 0 Å². The van der Waals surface area contributed by atoms with Gasteiger partial charge < -0.3 is 14.5 Å². The molecule has 5 rings (SSSR count). The van der Waals surface area contributed by atoms with E-state index in [0.29, 0.717) is 54.5 Å². The Morgan fingerprint density at radius 1 is 1.06 bits per heavy atom. The number of carbonyl (C=O) groups is 1. The molecule has 3 heterocycles. The van der Waals surface area contributed by atoms with Gasteiger partial charge in [-0.3, -0.25) is 14.9 Å². The third-order valence-electron chi connectivity index (χ3n) is 5.71. The number of carbonyl (C=O) groups excluding carboxylic acids is 1. The number of piperazine rings is 1. The Hall–Kier alpha value is -4.61. The molecule has 0 spiro atoms. The Kier molecular flexibility index (Phi) is 5.46. The zero-order chi connectivity index (χ0) is 23.7. The maximum Gasteiger partial charge on any atom is 0.269 e. The minimum Gasteiger partial charge on any atom is -0.497 e. The number of nitro groups is 1. The average Bonchev–Trinajstić information content (AvgIpc) is 3.33. The number of rotatable bonds is 5. The molecule has 4 aromatic rings. The van der Waals surface area contributed by atoms with Crippen molar-refractivity contribution in [3.05, 3.63) is 70.5 Å². The first kappa shape index (κ1) is 21.2. The summed E-state index contributed by atoms with van der Waals surface area (Å²) in [6, 6.07) is 13.1. The lowest BCUT2D eigenvalue weighted by Crippen LogP contribution is -2.49. The minimum absolute atomic E-state index is 0.0452. The van der Waals surface area contributed by atoms with E-state index in [1.807, 2.05) is 29.2 Å². The molecule has 1 aliphatic rings. The van der Waals surface area contributed by atoms with Gasteiger partial charge >= 0.3 is 0 Å². The Morgan fingerprint density at radius 3 is 2.53 bits per heavy atom. The van der Waals surface area contributed by atoms with Gasteiger partial charge in [0, 0.05) is 49.9 Å². The number of benzene rings is 2. The number of non-ortho nitro benzene ring substituents is 1. The van der Waals surface area contributed by atoms with Gasteiger partial charge in [0.25, 0.3) is 11.6 Å². The van der Waals surface area contributed by atoms with Gasteiger partial charge in [-0.05, 0) is 24.3 Å². The van der Waals surface area contributed by atoms with E-state index in [0.717, 1.165) is 5.69 Å². The van der Waals surface area contributed by atoms with Crippen LogP contribution in [0.4, 0.5) is 11.5 Å². The summed E-state index contributed by atoms with van der Waals surface area (Å²) in [5.74, 6) is 1.19. The molecule has 1 amide bonds. The first-order valence-electron chi connectivity index (χ1n) is 10.5. The second-order valence-corrected chi connectivity index (χ2v) is 7.66. The fourth-order valence-corrected chi connectivity index (χ4v) is 3.91. The summed E-state index contributed by atoms with van der Waals surface area (Å²) in [4.78, 5) is 35.8. The fraction of sp³-hybridized carbons (Fsp3) is 0.227. The number of hydrogen-bond acceptors (Lipinski definition) is 9. The molecule has 0 aliphatic carbocycles. The van der Waals surface area contributed by atoms with Crippen molar-refractivity contribution in [3.63, 3.8) is 0 Å². The number of nitro benzene ring substituents is 1. The lowest BCUT2D eigenvalue weighted by molar-refractivity contribution is -0.384. The van der Waals surface area contributed by atoms with E-state index in [9.17, 15) is 14.9 Å². The number of ether oxygens (including phenoxy) is 1. The largest absolute Gasteiger partial charge is 0.497 e. The highest BCUT2D eigenvalue weighted by atomic mass is 16.6. The van der Waals surface area contributed by atoms with Gasteiger partial charge in [0.15, 0.2) is 17.0 Å². The second kappa shape index (κ2) is 8.73. The lowest BCUT2D eigenvalue weighted by atomic mass is 10.1. The average molecular weight is 460 g/mol. The van der Waals surface area contributed by atoms with E-state index < -0.39 is 4.92 Å². The number of methoxy groups -OCH3 is 1. The normalized spacial score (nSPS) is 13.8. The molecule has 0 saturated carbocycles. The van der Waals surface area contributed by atoms with Gasteiger partial charge in [0.2, 0.25) is 0 Å². The smallest absolute Gasteiger partial charge is 0.269 e. The molecular formula is C22H20N8O4. The van der Waals surface area contributed by atoms with Crippen LogP contribution in [0, 0.1) is 10.1 Å². The number of fused-ring (bicyclic) bond motifs is 1. The second-order valence-electron chi connectivity index (χ2n) is 7.66. The maximum absolute atomic E-state index is 12.8. The van der Waals surface area contributed by atoms with Crippen LogP contribution in [0.15, 0.2) is 54.9 Å². The van der Waals surface area contributed by atoms with Crippen molar-refractivity contribution >= 4 is 28.6 Å². The van der Waals surface area contributed by atoms with Crippen LogP contribution in [0.2, 0.25) is 0 Å². The van der Waals surface area contributed by atoms with Crippen molar-refractivity contribution < 1.29 is 14.5 Å². The lowest BCUT2D eigenvalue weighted by Gasteiger charge is -2.35. The van der Waals surface area contributed by atoms with Gasteiger partial charge in [-0.15, -0.1) is 5.10 Å². The monoisotopic (exact) mass is 460 g/mol. The van der Waals surface area contributed by atoms with Crippen molar-refractivity contribution in [2.45, 2.75) is 0 Å². The molecular weight excluding hydrogens is 440 g/mol. The van der Waals surface area contributed by atoms with Crippen LogP contribution >= 0.6 is 0 Å². The molecule has 2 aromatic heterocycles. The highest BCUT2D eigenvalue weighted by Gasteiger charge is 2.26. The molecule has 172 valence electrons. The predicted molar refractivity (Wildman–Crippen MR) is 122 cm³/mol. The summed E-state index contributed by atoms with van der Waals surface area (Å²) in [5.41, 5.74) is 2.29. The van der Waals surface area contributed by atoms with Crippen LogP contribution in [0.3, 0.4) is 0 Å². The van der Waals surface area contributed by atoms with Crippen LogP contribution in [0.5, 0.6) is 5.75 Å². The molecule has 12 nitrogen and oxygen atoms in total. The Balaban J connectivity index is 1.33. The van der Waals surface area contributed by atoms with Crippen molar-refractivity contribution in [1.82, 2.24) is 29.9 Å². The Morgan fingerprint density at radius 2 is 1.82 bits per heavy atom. The van der Waals surface area contributed by atoms with Gasteiger partial charge in [-0.2, -0.15) is 4.68 Å². The van der Waals surface area contributed by atoms with Gasteiger partial charge in [0.1, 0.15) is 12.1 Å². The topological polar surface area (TPSA) is 132 Å². The third-order valence-corrected chi connectivity index (χ3v) is 5.71. The zero-order valence-electron chi connectivity index (χ0n) is 18.2. The molecule has 2 aromatic carbocycles. The number of aromatic nitrogens is 5. The summed E-state index contributed by atoms with van der Waals surface area (Å²) in [6.45, 7) is 2.06. The zero-order valence-corrected chi connectivity index (χ0v) is 18.2. The number of anilines is 1. The first-order chi connectivity index (χ1) is 16.5. The molecule has 0 radical (unpaired) electrons. The van der Waals surface area contributed by atoms with Gasteiger partial charge in [-0.25, -0.2) is 9.97 Å². The van der Waals surface area contributed by atoms with Crippen LogP contribution < -0.4 is 9.64 Å². The number of hydrogen-bond donors (Lipinski definition) is 0. The predicted octanol–water partition coefficient (Wildman–Crippen LogP) is 2.09. The van der Waals surface area contributed by atoms with Gasteiger partial charge in [0.05, 0.1) is 17.7 Å². The van der Waals surface area contributed by atoms with E-state index in [1.165, 1.54) is 30.6 Å². The number of amides is 1.